The van der Waals surface area contributed by atoms with E-state index in [-0.39, 0.29) is 34.7 Å². The van der Waals surface area contributed by atoms with Crippen molar-refractivity contribution in [2.45, 2.75) is 25.1 Å². The van der Waals surface area contributed by atoms with Gasteiger partial charge in [-0.05, 0) is 22.4 Å². The van der Waals surface area contributed by atoms with Crippen LogP contribution in [0.3, 0.4) is 0 Å². The highest BCUT2D eigenvalue weighted by Gasteiger charge is 2.30. The molecule has 1 aliphatic rings. The monoisotopic (exact) mass is 353 g/mol. The number of ether oxygens (including phenoxy) is 1. The van der Waals surface area contributed by atoms with Crippen molar-refractivity contribution in [2.24, 2.45) is 5.73 Å². The lowest BCUT2D eigenvalue weighted by Crippen LogP contribution is -2.27. The first-order valence-corrected chi connectivity index (χ1v) is 6.65. The van der Waals surface area contributed by atoms with Gasteiger partial charge in [0.25, 0.3) is 5.91 Å². The molecule has 1 fully saturated rings. The molecule has 1 aromatic heterocycles. The molecule has 0 radical (unpaired) electrons. The summed E-state index contributed by atoms with van der Waals surface area (Å²) < 4.78 is 30.0. The number of carbonyl (C=O) groups excluding carboxylic acids is 1. The van der Waals surface area contributed by atoms with Gasteiger partial charge in [-0.2, -0.15) is 13.9 Å². The van der Waals surface area contributed by atoms with Gasteiger partial charge in [-0.3, -0.25) is 4.79 Å². The fourth-order valence-electron chi connectivity index (χ4n) is 2.22. The second kappa shape index (κ2) is 6.02. The number of carbonyl (C=O) groups is 1. The van der Waals surface area contributed by atoms with E-state index in [4.69, 9.17) is 11.5 Å². The van der Waals surface area contributed by atoms with Crippen molar-refractivity contribution in [3.8, 4) is 0 Å². The van der Waals surface area contributed by atoms with Crippen molar-refractivity contribution in [1.29, 1.82) is 0 Å². The van der Waals surface area contributed by atoms with E-state index < -0.39 is 12.5 Å². The van der Waals surface area contributed by atoms with Crippen LogP contribution in [0.1, 0.15) is 22.8 Å². The Kier molecular flexibility index (Phi) is 4.55. The van der Waals surface area contributed by atoms with Gasteiger partial charge < -0.3 is 21.5 Å². The first-order valence-electron chi connectivity index (χ1n) is 5.86. The first-order chi connectivity index (χ1) is 9.40. The van der Waals surface area contributed by atoms with Crippen LogP contribution in [-0.4, -0.2) is 41.5 Å². The number of nitrogens with one attached hydrogen (secondary N) is 1. The van der Waals surface area contributed by atoms with E-state index >= 15 is 0 Å². The maximum absolute atomic E-state index is 12.0. The number of nitrogens with two attached hydrogens (primary N) is 2. The van der Waals surface area contributed by atoms with Gasteiger partial charge in [0.2, 0.25) is 0 Å². The van der Waals surface area contributed by atoms with Crippen molar-refractivity contribution in [2.75, 3.05) is 18.9 Å². The Morgan fingerprint density at radius 1 is 1.65 bits per heavy atom. The Morgan fingerprint density at radius 2 is 2.35 bits per heavy atom. The van der Waals surface area contributed by atoms with Crippen LogP contribution in [0.2, 0.25) is 0 Å². The molecule has 2 heterocycles. The molecule has 0 bridgehead atoms. The number of primary amides is 1. The van der Waals surface area contributed by atoms with Crippen molar-refractivity contribution in [3.63, 3.8) is 0 Å². The molecule has 1 aliphatic heterocycles. The Hall–Kier alpha value is -1.26. The lowest BCUT2D eigenvalue weighted by Gasteiger charge is -2.12. The normalized spacial score (nSPS) is 22.6. The second-order valence-electron chi connectivity index (χ2n) is 4.45. The van der Waals surface area contributed by atoms with Crippen molar-refractivity contribution < 1.29 is 18.3 Å². The number of nitrogen functional groups attached to an aromatic ring is 1. The van der Waals surface area contributed by atoms with Crippen molar-refractivity contribution in [1.82, 2.24) is 15.1 Å². The number of amides is 1. The zero-order chi connectivity index (χ0) is 14.9. The van der Waals surface area contributed by atoms with E-state index in [0.29, 0.717) is 13.0 Å². The van der Waals surface area contributed by atoms with E-state index in [1.165, 1.54) is 4.68 Å². The third-order valence-electron chi connectivity index (χ3n) is 3.12. The summed E-state index contributed by atoms with van der Waals surface area (Å²) >= 11 is 3.12. The van der Waals surface area contributed by atoms with Crippen LogP contribution >= 0.6 is 15.9 Å². The van der Waals surface area contributed by atoms with E-state index in [1.54, 1.807) is 0 Å². The average Bonchev–Trinajstić information content (AvgIpc) is 2.91. The predicted molar refractivity (Wildman–Crippen MR) is 70.3 cm³/mol. The average molecular weight is 354 g/mol. The van der Waals surface area contributed by atoms with E-state index in [2.05, 4.69) is 31.1 Å². The van der Waals surface area contributed by atoms with Gasteiger partial charge in [-0.25, -0.2) is 4.68 Å². The van der Waals surface area contributed by atoms with Crippen LogP contribution in [0.15, 0.2) is 4.60 Å². The van der Waals surface area contributed by atoms with Crippen molar-refractivity contribution in [3.05, 3.63) is 10.2 Å². The molecule has 20 heavy (non-hydrogen) atoms. The molecular formula is C10H14BrF2N5O2. The number of alkyl halides is 2. The molecule has 0 aromatic carbocycles. The number of hydrogen-bond donors (Lipinski definition) is 3. The van der Waals surface area contributed by atoms with Crippen molar-refractivity contribution >= 4 is 27.7 Å². The Bertz CT molecular complexity index is 510. The quantitative estimate of drug-likeness (QED) is 0.712. The van der Waals surface area contributed by atoms with E-state index in [0.717, 1.165) is 0 Å². The molecule has 2 atom stereocenters. The summed E-state index contributed by atoms with van der Waals surface area (Å²) in [5, 5.41) is 7.16. The molecule has 0 unspecified atom stereocenters. The topological polar surface area (TPSA) is 108 Å². The van der Waals surface area contributed by atoms with Gasteiger partial charge in [0.15, 0.2) is 0 Å². The summed E-state index contributed by atoms with van der Waals surface area (Å²) in [5.41, 5.74) is 11.2. The maximum atomic E-state index is 12.0. The highest BCUT2D eigenvalue weighted by atomic mass is 79.9. The van der Waals surface area contributed by atoms with Crippen LogP contribution in [0, 0.1) is 0 Å². The molecule has 0 spiro atoms. The third-order valence-corrected chi connectivity index (χ3v) is 3.67. The van der Waals surface area contributed by atoms with Crippen LogP contribution in [-0.2, 0) is 4.74 Å². The van der Waals surface area contributed by atoms with Crippen LogP contribution in [0.5, 0.6) is 0 Å². The fourth-order valence-corrected chi connectivity index (χ4v) is 2.79. The van der Waals surface area contributed by atoms with Crippen LogP contribution in [0.4, 0.5) is 14.6 Å². The largest absolute Gasteiger partial charge is 0.383 e. The number of rotatable bonds is 5. The number of aromatic nitrogens is 2. The molecule has 1 amide bonds. The van der Waals surface area contributed by atoms with Gasteiger partial charge in [0, 0.05) is 12.6 Å². The summed E-state index contributed by atoms with van der Waals surface area (Å²) in [6.07, 6.45) is 0.517. The van der Waals surface area contributed by atoms with Gasteiger partial charge >= 0.3 is 6.61 Å². The molecule has 2 rings (SSSR count). The van der Waals surface area contributed by atoms with Gasteiger partial charge in [0.1, 0.15) is 16.0 Å². The Morgan fingerprint density at radius 3 is 2.90 bits per heavy atom. The lowest BCUT2D eigenvalue weighted by atomic mass is 10.2. The third kappa shape index (κ3) is 3.07. The smallest absolute Gasteiger partial charge is 0.345 e. The lowest BCUT2D eigenvalue weighted by molar-refractivity contribution is -0.133. The molecule has 0 saturated carbocycles. The van der Waals surface area contributed by atoms with Crippen LogP contribution in [0.25, 0.3) is 0 Å². The zero-order valence-electron chi connectivity index (χ0n) is 10.4. The summed E-state index contributed by atoms with van der Waals surface area (Å²) in [4.78, 5) is 11.3. The summed E-state index contributed by atoms with van der Waals surface area (Å²) in [6.45, 7) is -2.39. The second-order valence-corrected chi connectivity index (χ2v) is 5.20. The predicted octanol–water partition coefficient (Wildman–Crippen LogP) is 0.469. The fraction of sp³-hybridized carbons (Fsp3) is 0.600. The van der Waals surface area contributed by atoms with Crippen LogP contribution < -0.4 is 16.8 Å². The Labute approximate surface area is 121 Å². The highest BCUT2D eigenvalue weighted by Crippen LogP contribution is 2.28. The number of anilines is 1. The molecule has 7 nitrogen and oxygen atoms in total. The molecule has 10 heteroatoms. The molecule has 112 valence electrons. The molecule has 0 aliphatic carbocycles. The minimum absolute atomic E-state index is 0.0980. The molecule has 1 saturated heterocycles. The zero-order valence-corrected chi connectivity index (χ0v) is 11.9. The number of halogens is 3. The summed E-state index contributed by atoms with van der Waals surface area (Å²) in [5.74, 6) is -0.518. The number of nitrogens with zero attached hydrogens (tertiary/aromatic N) is 2. The minimum Gasteiger partial charge on any atom is -0.383 e. The number of hydrogen-bond acceptors (Lipinski definition) is 5. The van der Waals surface area contributed by atoms with Gasteiger partial charge in [-0.1, -0.05) is 0 Å². The molecular weight excluding hydrogens is 340 g/mol. The molecule has 5 N–H and O–H groups in total. The van der Waals surface area contributed by atoms with Gasteiger partial charge in [0.05, 0.1) is 12.6 Å². The minimum atomic E-state index is -2.79. The summed E-state index contributed by atoms with van der Waals surface area (Å²) in [6, 6.07) is -0.362. The maximum Gasteiger partial charge on any atom is 0.345 e. The van der Waals surface area contributed by atoms with Gasteiger partial charge in [-0.15, -0.1) is 0 Å². The Balaban J connectivity index is 2.07. The molecule has 1 aromatic rings. The SMILES string of the molecule is NC(=O)c1c(Br)nn([C@@H]2CN[C@@H](COC(F)F)C2)c1N. The first kappa shape index (κ1) is 15.1. The van der Waals surface area contributed by atoms with E-state index in [9.17, 15) is 13.6 Å². The summed E-state index contributed by atoms with van der Waals surface area (Å²) in [7, 11) is 0. The standard InChI is InChI=1S/C10H14BrF2N5O2/c11-7-6(9(15)19)8(14)18(17-7)5-1-4(16-2-5)3-20-10(12)13/h4-5,10,16H,1-3,14H2,(H2,15,19)/t4-,5+/m1/s1. The van der Waals surface area contributed by atoms with E-state index in [1.807, 2.05) is 0 Å². The highest BCUT2D eigenvalue weighted by molar-refractivity contribution is 9.10.